The number of carboxylic acid groups (broad SMARTS) is 1. The molecule has 1 aliphatic carbocycles. The van der Waals surface area contributed by atoms with Gasteiger partial charge < -0.3 is 9.84 Å². The lowest BCUT2D eigenvalue weighted by molar-refractivity contribution is -0.204. The van der Waals surface area contributed by atoms with Gasteiger partial charge in [-0.1, -0.05) is 33.1 Å². The van der Waals surface area contributed by atoms with Crippen LogP contribution in [0.5, 0.6) is 0 Å². The van der Waals surface area contributed by atoms with E-state index in [0.29, 0.717) is 19.1 Å². The van der Waals surface area contributed by atoms with Crippen LogP contribution in [0.4, 0.5) is 0 Å². The summed E-state index contributed by atoms with van der Waals surface area (Å²) < 4.78 is 5.41. The Morgan fingerprint density at radius 3 is 2.18 bits per heavy atom. The van der Waals surface area contributed by atoms with Gasteiger partial charge in [-0.05, 0) is 24.7 Å². The number of ether oxygens (including phenoxy) is 1. The summed E-state index contributed by atoms with van der Waals surface area (Å²) in [7, 11) is 0. The summed E-state index contributed by atoms with van der Waals surface area (Å²) in [5, 5.41) is 9.52. The van der Waals surface area contributed by atoms with Gasteiger partial charge in [0.1, 0.15) is 0 Å². The fraction of sp³-hybridized carbons (Fsp3) is 0.929. The summed E-state index contributed by atoms with van der Waals surface area (Å²) in [6.45, 7) is 5.38. The van der Waals surface area contributed by atoms with Gasteiger partial charge in [0.2, 0.25) is 0 Å². The molecule has 98 valence electrons. The molecular formula is C14H24O3. The Balaban J connectivity index is 2.19. The van der Waals surface area contributed by atoms with E-state index in [2.05, 4.69) is 0 Å². The molecule has 1 saturated carbocycles. The van der Waals surface area contributed by atoms with Crippen molar-refractivity contribution in [1.82, 2.24) is 0 Å². The SMILES string of the molecule is CC(C)C(C(=O)O)C1(C2CCCCC2)COC1. The average Bonchev–Trinajstić information content (AvgIpc) is 2.23. The van der Waals surface area contributed by atoms with Gasteiger partial charge >= 0.3 is 5.97 Å². The number of carboxylic acids is 1. The number of aliphatic carboxylic acids is 1. The smallest absolute Gasteiger partial charge is 0.307 e. The second-order valence-electron chi connectivity index (χ2n) is 6.12. The Hall–Kier alpha value is -0.570. The van der Waals surface area contributed by atoms with Gasteiger partial charge in [0.05, 0.1) is 19.1 Å². The highest BCUT2D eigenvalue weighted by molar-refractivity contribution is 5.71. The summed E-state index contributed by atoms with van der Waals surface area (Å²) in [6.07, 6.45) is 6.22. The van der Waals surface area contributed by atoms with Crippen LogP contribution >= 0.6 is 0 Å². The van der Waals surface area contributed by atoms with Crippen molar-refractivity contribution < 1.29 is 14.6 Å². The molecule has 0 amide bonds. The van der Waals surface area contributed by atoms with Crippen molar-refractivity contribution in [2.75, 3.05) is 13.2 Å². The van der Waals surface area contributed by atoms with Crippen LogP contribution in [-0.2, 0) is 9.53 Å². The summed E-state index contributed by atoms with van der Waals surface area (Å²) in [6, 6.07) is 0. The molecule has 2 rings (SSSR count). The van der Waals surface area contributed by atoms with E-state index in [1.54, 1.807) is 0 Å². The zero-order valence-corrected chi connectivity index (χ0v) is 10.9. The summed E-state index contributed by atoms with van der Waals surface area (Å²) in [4.78, 5) is 11.6. The minimum Gasteiger partial charge on any atom is -0.481 e. The van der Waals surface area contributed by atoms with Crippen molar-refractivity contribution in [2.45, 2.75) is 46.0 Å². The predicted molar refractivity (Wildman–Crippen MR) is 65.8 cm³/mol. The molecule has 3 nitrogen and oxygen atoms in total. The molecule has 0 aromatic rings. The molecule has 1 N–H and O–H groups in total. The van der Waals surface area contributed by atoms with Gasteiger partial charge in [-0.25, -0.2) is 0 Å². The van der Waals surface area contributed by atoms with E-state index in [9.17, 15) is 9.90 Å². The van der Waals surface area contributed by atoms with Crippen LogP contribution in [-0.4, -0.2) is 24.3 Å². The molecule has 1 aliphatic heterocycles. The zero-order chi connectivity index (χ0) is 12.5. The van der Waals surface area contributed by atoms with Crippen LogP contribution in [0, 0.1) is 23.2 Å². The van der Waals surface area contributed by atoms with E-state index in [1.165, 1.54) is 32.1 Å². The van der Waals surface area contributed by atoms with E-state index < -0.39 is 5.97 Å². The van der Waals surface area contributed by atoms with Crippen molar-refractivity contribution in [1.29, 1.82) is 0 Å². The van der Waals surface area contributed by atoms with E-state index >= 15 is 0 Å². The average molecular weight is 240 g/mol. The van der Waals surface area contributed by atoms with Crippen molar-refractivity contribution in [2.24, 2.45) is 23.2 Å². The molecule has 0 bridgehead atoms. The fourth-order valence-corrected chi connectivity index (χ4v) is 3.88. The lowest BCUT2D eigenvalue weighted by atomic mass is 9.58. The van der Waals surface area contributed by atoms with Crippen LogP contribution in [0.1, 0.15) is 46.0 Å². The number of hydrogen-bond acceptors (Lipinski definition) is 2. The first-order valence-corrected chi connectivity index (χ1v) is 6.88. The lowest BCUT2D eigenvalue weighted by Crippen LogP contribution is -2.57. The Bertz CT molecular complexity index is 275. The standard InChI is InChI=1S/C14H24O3/c1-10(2)12(13(15)16)14(8-17-9-14)11-6-4-3-5-7-11/h10-12H,3-9H2,1-2H3,(H,15,16). The molecule has 1 heterocycles. The van der Waals surface area contributed by atoms with E-state index in [4.69, 9.17) is 4.74 Å². The summed E-state index contributed by atoms with van der Waals surface area (Å²) in [5.41, 5.74) is -0.0690. The molecule has 0 aromatic heterocycles. The Morgan fingerprint density at radius 2 is 1.82 bits per heavy atom. The number of carbonyl (C=O) groups is 1. The molecule has 17 heavy (non-hydrogen) atoms. The van der Waals surface area contributed by atoms with E-state index in [-0.39, 0.29) is 17.3 Å². The second-order valence-corrected chi connectivity index (χ2v) is 6.12. The van der Waals surface area contributed by atoms with Gasteiger partial charge in [0.15, 0.2) is 0 Å². The van der Waals surface area contributed by atoms with Crippen LogP contribution in [0.2, 0.25) is 0 Å². The number of rotatable bonds is 4. The van der Waals surface area contributed by atoms with Crippen molar-refractivity contribution in [3.8, 4) is 0 Å². The first-order valence-electron chi connectivity index (χ1n) is 6.88. The minimum atomic E-state index is -0.631. The maximum Gasteiger partial charge on any atom is 0.307 e. The van der Waals surface area contributed by atoms with Crippen LogP contribution in [0.15, 0.2) is 0 Å². The van der Waals surface area contributed by atoms with Gasteiger partial charge in [-0.3, -0.25) is 4.79 Å². The highest BCUT2D eigenvalue weighted by Gasteiger charge is 2.54. The fourth-order valence-electron chi connectivity index (χ4n) is 3.88. The molecule has 1 unspecified atom stereocenters. The van der Waals surface area contributed by atoms with Crippen molar-refractivity contribution in [3.63, 3.8) is 0 Å². The largest absolute Gasteiger partial charge is 0.481 e. The molecule has 1 saturated heterocycles. The third-order valence-electron chi connectivity index (χ3n) is 4.71. The van der Waals surface area contributed by atoms with E-state index in [1.807, 2.05) is 13.8 Å². The van der Waals surface area contributed by atoms with Gasteiger partial charge in [-0.15, -0.1) is 0 Å². The van der Waals surface area contributed by atoms with Gasteiger partial charge in [0.25, 0.3) is 0 Å². The molecule has 2 fully saturated rings. The third kappa shape index (κ3) is 2.22. The molecule has 3 heteroatoms. The second kappa shape index (κ2) is 4.97. The topological polar surface area (TPSA) is 46.5 Å². The van der Waals surface area contributed by atoms with Crippen LogP contribution < -0.4 is 0 Å². The molecule has 0 radical (unpaired) electrons. The molecule has 0 spiro atoms. The summed E-state index contributed by atoms with van der Waals surface area (Å²) >= 11 is 0. The highest BCUT2D eigenvalue weighted by Crippen LogP contribution is 2.51. The van der Waals surface area contributed by atoms with E-state index in [0.717, 1.165) is 0 Å². The van der Waals surface area contributed by atoms with Crippen LogP contribution in [0.25, 0.3) is 0 Å². The molecule has 2 aliphatic rings. The number of hydrogen-bond donors (Lipinski definition) is 1. The quantitative estimate of drug-likeness (QED) is 0.821. The summed E-state index contributed by atoms with van der Waals surface area (Å²) in [5.74, 6) is -0.111. The molecular weight excluding hydrogens is 216 g/mol. The Kier molecular flexibility index (Phi) is 3.76. The Labute approximate surface area is 104 Å². The van der Waals surface area contributed by atoms with Crippen molar-refractivity contribution in [3.05, 3.63) is 0 Å². The predicted octanol–water partition coefficient (Wildman–Crippen LogP) is 2.94. The lowest BCUT2D eigenvalue weighted by Gasteiger charge is -2.53. The molecule has 0 aromatic carbocycles. The Morgan fingerprint density at radius 1 is 1.24 bits per heavy atom. The normalized spacial score (nSPS) is 26.5. The molecule has 1 atom stereocenters. The van der Waals surface area contributed by atoms with Gasteiger partial charge in [-0.2, -0.15) is 0 Å². The van der Waals surface area contributed by atoms with Gasteiger partial charge in [0, 0.05) is 5.41 Å². The highest BCUT2D eigenvalue weighted by atomic mass is 16.5. The maximum absolute atomic E-state index is 11.6. The third-order valence-corrected chi connectivity index (χ3v) is 4.71. The zero-order valence-electron chi connectivity index (χ0n) is 10.9. The monoisotopic (exact) mass is 240 g/mol. The van der Waals surface area contributed by atoms with Crippen molar-refractivity contribution >= 4 is 5.97 Å². The minimum absolute atomic E-state index is 0.0690. The van der Waals surface area contributed by atoms with Crippen LogP contribution in [0.3, 0.4) is 0 Å². The maximum atomic E-state index is 11.6. The first kappa shape index (κ1) is 12.9. The first-order chi connectivity index (χ1) is 8.08.